The molecule has 3 unspecified atom stereocenters. The van der Waals surface area contributed by atoms with Gasteiger partial charge in [-0.15, -0.1) is 0 Å². The van der Waals surface area contributed by atoms with Crippen LogP contribution in [0.15, 0.2) is 216 Å². The molecule has 0 saturated carbocycles. The van der Waals surface area contributed by atoms with Crippen LogP contribution in [0.4, 0.5) is 0 Å². The predicted molar refractivity (Wildman–Crippen MR) is 277 cm³/mol. The van der Waals surface area contributed by atoms with Crippen LogP contribution < -0.4 is 0 Å². The van der Waals surface area contributed by atoms with Gasteiger partial charge in [0.15, 0.2) is 11.6 Å². The molecule has 3 atom stereocenters. The topological polar surface area (TPSA) is 38.7 Å². The van der Waals surface area contributed by atoms with Crippen molar-refractivity contribution in [3.05, 3.63) is 256 Å². The van der Waals surface area contributed by atoms with Crippen molar-refractivity contribution in [2.45, 2.75) is 75.5 Å². The van der Waals surface area contributed by atoms with Gasteiger partial charge in [-0.2, -0.15) is 0 Å². The Morgan fingerprint density at radius 3 is 1.94 bits per heavy atom. The monoisotopic (exact) mass is 863 g/mol. The van der Waals surface area contributed by atoms with Crippen molar-refractivity contribution in [2.24, 2.45) is 5.92 Å². The molecule has 1 heterocycles. The third-order valence-corrected chi connectivity index (χ3v) is 15.5. The summed E-state index contributed by atoms with van der Waals surface area (Å²) in [6.45, 7) is 0. The van der Waals surface area contributed by atoms with Gasteiger partial charge < -0.3 is 0 Å². The van der Waals surface area contributed by atoms with Crippen LogP contribution >= 0.6 is 0 Å². The van der Waals surface area contributed by atoms with Crippen LogP contribution in [0.25, 0.3) is 44.8 Å². The van der Waals surface area contributed by atoms with Crippen molar-refractivity contribution in [3.63, 3.8) is 0 Å². The largest absolute Gasteiger partial charge is 0.213 e. The van der Waals surface area contributed by atoms with E-state index in [0.717, 1.165) is 87.2 Å². The number of aromatic nitrogens is 3. The van der Waals surface area contributed by atoms with Crippen LogP contribution in [0.5, 0.6) is 0 Å². The predicted octanol–water partition coefficient (Wildman–Crippen LogP) is 15.7. The van der Waals surface area contributed by atoms with Crippen LogP contribution in [0.2, 0.25) is 0 Å². The highest BCUT2D eigenvalue weighted by Gasteiger charge is 2.53. The Hall–Kier alpha value is -7.23. The van der Waals surface area contributed by atoms with Gasteiger partial charge in [-0.3, -0.25) is 0 Å². The van der Waals surface area contributed by atoms with Crippen LogP contribution in [0.1, 0.15) is 110 Å². The summed E-state index contributed by atoms with van der Waals surface area (Å²) >= 11 is 0. The Labute approximate surface area is 394 Å². The number of nitrogens with zero attached hydrogens (tertiary/aromatic N) is 3. The smallest absolute Gasteiger partial charge is 0.163 e. The van der Waals surface area contributed by atoms with Gasteiger partial charge in [-0.25, -0.2) is 15.0 Å². The minimum atomic E-state index is -0.370. The molecular weight excluding hydrogens is 811 g/mol. The second-order valence-electron chi connectivity index (χ2n) is 19.4. The summed E-state index contributed by atoms with van der Waals surface area (Å²) in [7, 11) is 0. The summed E-state index contributed by atoms with van der Waals surface area (Å²) in [6, 6.07) is 36.3. The first kappa shape index (κ1) is 40.1. The van der Waals surface area contributed by atoms with Crippen LogP contribution in [0.3, 0.4) is 0 Å². The molecule has 0 amide bonds. The fourth-order valence-corrected chi connectivity index (χ4v) is 12.4. The highest BCUT2D eigenvalue weighted by atomic mass is 15.0. The van der Waals surface area contributed by atoms with Gasteiger partial charge in [-0.1, -0.05) is 170 Å². The van der Waals surface area contributed by atoms with E-state index in [1.807, 2.05) is 0 Å². The van der Waals surface area contributed by atoms with Crippen LogP contribution in [-0.4, -0.2) is 15.0 Å². The maximum Gasteiger partial charge on any atom is 0.163 e. The highest BCUT2D eigenvalue weighted by Crippen LogP contribution is 2.64. The van der Waals surface area contributed by atoms with E-state index in [2.05, 4.69) is 188 Å². The van der Waals surface area contributed by atoms with Gasteiger partial charge in [0, 0.05) is 17.4 Å². The molecule has 0 saturated heterocycles. The van der Waals surface area contributed by atoms with E-state index in [-0.39, 0.29) is 11.3 Å². The Bertz CT molecular complexity index is 3280. The van der Waals surface area contributed by atoms with Crippen molar-refractivity contribution in [1.29, 1.82) is 0 Å². The SMILES string of the molecule is C1=CCCC(C2=CC(C3C=CC=CC3)=CC(c3nc(C4=CC5=C(CC4)c4ccccc4C54C5=C(CCC=C5)c5ccccc54)nc(-c4cc(C5=CC=CCC5)cc(-c5ccccc5)c4)n3)C2)=C1. The average Bonchev–Trinajstić information content (AvgIpc) is 3.88. The summed E-state index contributed by atoms with van der Waals surface area (Å²) in [6.07, 6.45) is 45.0. The van der Waals surface area contributed by atoms with Crippen LogP contribution in [-0.2, 0) is 5.41 Å². The first-order valence-electron chi connectivity index (χ1n) is 24.7. The molecular formula is C64H53N3. The fraction of sp³-hybridized carbons (Fsp3) is 0.203. The van der Waals surface area contributed by atoms with E-state index in [1.165, 1.54) is 89.1 Å². The third kappa shape index (κ3) is 6.81. The number of fused-ring (bicyclic) bond motifs is 8. The lowest BCUT2D eigenvalue weighted by Gasteiger charge is -2.34. The maximum atomic E-state index is 5.67. The standard InChI is InChI=1S/C64H53N3/c1-5-19-42(20-6-1)47-35-48(43-21-7-2-8-22-43)38-51(37-47)62-65-61(66-63(67-62)52-39-49(44-23-9-3-10-24-44)36-50(40-52)45-25-11-4-12-26-45)46-33-34-56-55-29-15-18-32-59(55)64(60(56)41-46)57-30-16-13-27-53(57)54-28-14-17-31-58(54)64/h1-7,9-11,13,15-21,23,25,27,29-32,35-39,41,44,52H,8,12,14,22,24,26,28,33-34,40H2. The number of allylic oxidation sites excluding steroid dienone is 24. The Kier molecular flexibility index (Phi) is 9.92. The second kappa shape index (κ2) is 16.6. The molecule has 4 aromatic carbocycles. The van der Waals surface area contributed by atoms with E-state index in [9.17, 15) is 0 Å². The maximum absolute atomic E-state index is 5.67. The highest BCUT2D eigenvalue weighted by molar-refractivity contribution is 5.98. The Morgan fingerprint density at radius 1 is 0.478 bits per heavy atom. The molecule has 13 rings (SSSR count). The van der Waals surface area contributed by atoms with E-state index in [0.29, 0.717) is 5.92 Å². The Balaban J connectivity index is 1.02. The van der Waals surface area contributed by atoms with E-state index >= 15 is 0 Å². The minimum Gasteiger partial charge on any atom is -0.213 e. The molecule has 3 nitrogen and oxygen atoms in total. The van der Waals surface area contributed by atoms with Gasteiger partial charge >= 0.3 is 0 Å². The summed E-state index contributed by atoms with van der Waals surface area (Å²) in [5, 5.41) is 0. The number of hydrogen-bond acceptors (Lipinski definition) is 3. The summed E-state index contributed by atoms with van der Waals surface area (Å²) < 4.78 is 0. The quantitative estimate of drug-likeness (QED) is 0.164. The lowest BCUT2D eigenvalue weighted by Crippen LogP contribution is -2.28. The average molecular weight is 864 g/mol. The summed E-state index contributed by atoms with van der Waals surface area (Å²) in [5.74, 6) is 2.71. The first-order chi connectivity index (χ1) is 33.2. The Morgan fingerprint density at radius 2 is 1.18 bits per heavy atom. The molecule has 0 N–H and O–H groups in total. The summed E-state index contributed by atoms with van der Waals surface area (Å²) in [4.78, 5) is 16.9. The van der Waals surface area contributed by atoms with E-state index < -0.39 is 0 Å². The number of benzene rings is 4. The van der Waals surface area contributed by atoms with E-state index in [4.69, 9.17) is 15.0 Å². The zero-order valence-electron chi connectivity index (χ0n) is 38.0. The molecule has 3 heteroatoms. The molecule has 0 bridgehead atoms. The van der Waals surface area contributed by atoms with Gasteiger partial charge in [0.05, 0.1) is 5.41 Å². The molecule has 1 aromatic heterocycles. The zero-order valence-corrected chi connectivity index (χ0v) is 38.0. The van der Waals surface area contributed by atoms with Crippen molar-refractivity contribution in [1.82, 2.24) is 15.0 Å². The minimum absolute atomic E-state index is 0.00702. The van der Waals surface area contributed by atoms with Crippen molar-refractivity contribution in [3.8, 4) is 22.5 Å². The van der Waals surface area contributed by atoms with Crippen molar-refractivity contribution >= 4 is 22.3 Å². The number of hydrogen-bond donors (Lipinski definition) is 0. The molecule has 324 valence electrons. The van der Waals surface area contributed by atoms with Gasteiger partial charge in [-0.05, 0) is 172 Å². The lowest BCUT2D eigenvalue weighted by molar-refractivity contribution is 0.692. The summed E-state index contributed by atoms with van der Waals surface area (Å²) in [5.41, 5.74) is 22.4. The molecule has 5 aromatic rings. The molecule has 1 spiro atoms. The molecule has 8 aliphatic rings. The van der Waals surface area contributed by atoms with Crippen molar-refractivity contribution in [2.75, 3.05) is 0 Å². The third-order valence-electron chi connectivity index (χ3n) is 15.5. The second-order valence-corrected chi connectivity index (χ2v) is 19.4. The van der Waals surface area contributed by atoms with Gasteiger partial charge in [0.2, 0.25) is 0 Å². The lowest BCUT2D eigenvalue weighted by atomic mass is 9.67. The molecule has 0 radical (unpaired) electrons. The van der Waals surface area contributed by atoms with Gasteiger partial charge in [0.25, 0.3) is 0 Å². The molecule has 0 aliphatic heterocycles. The number of rotatable bonds is 7. The fourth-order valence-electron chi connectivity index (χ4n) is 12.4. The molecule has 67 heavy (non-hydrogen) atoms. The van der Waals surface area contributed by atoms with Crippen LogP contribution in [0, 0.1) is 5.92 Å². The zero-order chi connectivity index (χ0) is 44.3. The first-order valence-corrected chi connectivity index (χ1v) is 24.7. The normalized spacial score (nSPS) is 23.3. The van der Waals surface area contributed by atoms with Crippen molar-refractivity contribution < 1.29 is 0 Å². The molecule has 8 aliphatic carbocycles. The van der Waals surface area contributed by atoms with E-state index in [1.54, 1.807) is 0 Å². The van der Waals surface area contributed by atoms with Gasteiger partial charge in [0.1, 0.15) is 5.82 Å². The molecule has 0 fully saturated rings.